The zero-order valence-corrected chi connectivity index (χ0v) is 15.8. The monoisotopic (exact) mass is 376 g/mol. The van der Waals surface area contributed by atoms with Crippen LogP contribution in [-0.4, -0.2) is 20.4 Å². The molecule has 0 aliphatic carbocycles. The Labute approximate surface area is 159 Å². The number of hydrogen-bond acceptors (Lipinski definition) is 4. The second-order valence-electron chi connectivity index (χ2n) is 6.65. The SMILES string of the molecule is CS(=O)(=O)c1ccc(N2N=C(c3ccccc3)CC2c2ccccc2)cc1. The second-order valence-corrected chi connectivity index (χ2v) is 8.67. The standard InChI is InChI=1S/C22H20N2O2S/c1-27(25,26)20-14-12-19(13-15-20)24-22(18-10-6-3-7-11-18)16-21(23-24)17-8-4-2-5-9-17/h2-15,22H,16H2,1H3. The third-order valence-electron chi connectivity index (χ3n) is 4.73. The highest BCUT2D eigenvalue weighted by Crippen LogP contribution is 2.36. The van der Waals surface area contributed by atoms with Gasteiger partial charge >= 0.3 is 0 Å². The summed E-state index contributed by atoms with van der Waals surface area (Å²) in [4.78, 5) is 0.314. The molecule has 0 saturated carbocycles. The number of hydrazone groups is 1. The zero-order valence-electron chi connectivity index (χ0n) is 15.0. The van der Waals surface area contributed by atoms with Crippen LogP contribution in [0.3, 0.4) is 0 Å². The van der Waals surface area contributed by atoms with Gasteiger partial charge in [-0.3, -0.25) is 5.01 Å². The fraction of sp³-hybridized carbons (Fsp3) is 0.136. The summed E-state index contributed by atoms with van der Waals surface area (Å²) < 4.78 is 23.5. The Bertz CT molecular complexity index is 1060. The van der Waals surface area contributed by atoms with Crippen molar-refractivity contribution in [2.24, 2.45) is 5.10 Å². The molecule has 0 N–H and O–H groups in total. The van der Waals surface area contributed by atoms with Gasteiger partial charge in [0.05, 0.1) is 22.3 Å². The van der Waals surface area contributed by atoms with E-state index in [1.54, 1.807) is 12.1 Å². The number of hydrogen-bond donors (Lipinski definition) is 0. The topological polar surface area (TPSA) is 49.7 Å². The van der Waals surface area contributed by atoms with E-state index in [4.69, 9.17) is 5.10 Å². The van der Waals surface area contributed by atoms with E-state index in [0.29, 0.717) is 4.90 Å². The predicted octanol–water partition coefficient (Wildman–Crippen LogP) is 4.45. The number of benzene rings is 3. The summed E-state index contributed by atoms with van der Waals surface area (Å²) in [5.41, 5.74) is 4.19. The molecule has 0 aromatic heterocycles. The van der Waals surface area contributed by atoms with Crippen molar-refractivity contribution in [2.45, 2.75) is 17.4 Å². The van der Waals surface area contributed by atoms with Crippen LogP contribution < -0.4 is 5.01 Å². The summed E-state index contributed by atoms with van der Waals surface area (Å²) in [7, 11) is -3.22. The molecule has 1 unspecified atom stereocenters. The van der Waals surface area contributed by atoms with Crippen molar-refractivity contribution in [1.29, 1.82) is 0 Å². The quantitative estimate of drug-likeness (QED) is 0.676. The van der Waals surface area contributed by atoms with Crippen molar-refractivity contribution in [3.63, 3.8) is 0 Å². The van der Waals surface area contributed by atoms with E-state index in [1.165, 1.54) is 11.8 Å². The summed E-state index contributed by atoms with van der Waals surface area (Å²) in [6.07, 6.45) is 2.01. The van der Waals surface area contributed by atoms with E-state index < -0.39 is 9.84 Å². The Morgan fingerprint density at radius 1 is 0.852 bits per heavy atom. The number of rotatable bonds is 4. The lowest BCUT2D eigenvalue weighted by atomic mass is 9.98. The van der Waals surface area contributed by atoms with Crippen LogP contribution in [0.5, 0.6) is 0 Å². The maximum atomic E-state index is 11.7. The molecule has 3 aromatic carbocycles. The van der Waals surface area contributed by atoms with Crippen LogP contribution in [0.1, 0.15) is 23.6 Å². The van der Waals surface area contributed by atoms with Gasteiger partial charge in [-0.25, -0.2) is 8.42 Å². The molecule has 1 atom stereocenters. The Kier molecular flexibility index (Phi) is 4.54. The molecular weight excluding hydrogens is 356 g/mol. The van der Waals surface area contributed by atoms with E-state index in [0.717, 1.165) is 23.4 Å². The third kappa shape index (κ3) is 3.64. The molecule has 5 heteroatoms. The molecule has 1 heterocycles. The smallest absolute Gasteiger partial charge is 0.175 e. The molecule has 0 saturated heterocycles. The Hall–Kier alpha value is -2.92. The van der Waals surface area contributed by atoms with Gasteiger partial charge in [-0.05, 0) is 35.4 Å². The van der Waals surface area contributed by atoms with E-state index in [1.807, 2.05) is 53.5 Å². The van der Waals surface area contributed by atoms with Gasteiger partial charge in [0.25, 0.3) is 0 Å². The van der Waals surface area contributed by atoms with E-state index in [-0.39, 0.29) is 6.04 Å². The summed E-state index contributed by atoms with van der Waals surface area (Å²) >= 11 is 0. The minimum atomic E-state index is -3.22. The van der Waals surface area contributed by atoms with Gasteiger partial charge in [0, 0.05) is 12.7 Å². The van der Waals surface area contributed by atoms with Crippen molar-refractivity contribution >= 4 is 21.2 Å². The average Bonchev–Trinajstić information content (AvgIpc) is 3.14. The van der Waals surface area contributed by atoms with Crippen molar-refractivity contribution < 1.29 is 8.42 Å². The van der Waals surface area contributed by atoms with Gasteiger partial charge in [-0.2, -0.15) is 5.10 Å². The van der Waals surface area contributed by atoms with Crippen LogP contribution in [0.25, 0.3) is 0 Å². The lowest BCUT2D eigenvalue weighted by Crippen LogP contribution is -2.18. The third-order valence-corrected chi connectivity index (χ3v) is 5.86. The van der Waals surface area contributed by atoms with Crippen LogP contribution in [0, 0.1) is 0 Å². The van der Waals surface area contributed by atoms with Crippen LogP contribution in [0.4, 0.5) is 5.69 Å². The molecule has 27 heavy (non-hydrogen) atoms. The van der Waals surface area contributed by atoms with Crippen LogP contribution in [0.2, 0.25) is 0 Å². The first kappa shape index (κ1) is 17.5. The first-order valence-corrected chi connectivity index (χ1v) is 10.7. The maximum Gasteiger partial charge on any atom is 0.175 e. The normalized spacial score (nSPS) is 17.0. The van der Waals surface area contributed by atoms with E-state index >= 15 is 0 Å². The van der Waals surface area contributed by atoms with Gasteiger partial charge in [-0.15, -0.1) is 0 Å². The first-order valence-electron chi connectivity index (χ1n) is 8.79. The largest absolute Gasteiger partial charge is 0.257 e. The van der Waals surface area contributed by atoms with Crippen molar-refractivity contribution in [1.82, 2.24) is 0 Å². The lowest BCUT2D eigenvalue weighted by Gasteiger charge is -2.24. The fourth-order valence-electron chi connectivity index (χ4n) is 3.33. The lowest BCUT2D eigenvalue weighted by molar-refractivity contribution is 0.602. The van der Waals surface area contributed by atoms with Gasteiger partial charge < -0.3 is 0 Å². The Balaban J connectivity index is 1.74. The van der Waals surface area contributed by atoms with Crippen molar-refractivity contribution in [3.05, 3.63) is 96.1 Å². The average molecular weight is 376 g/mol. The maximum absolute atomic E-state index is 11.7. The second kappa shape index (κ2) is 7.00. The van der Waals surface area contributed by atoms with Crippen molar-refractivity contribution in [2.75, 3.05) is 11.3 Å². The highest BCUT2D eigenvalue weighted by molar-refractivity contribution is 7.90. The highest BCUT2D eigenvalue weighted by Gasteiger charge is 2.29. The summed E-state index contributed by atoms with van der Waals surface area (Å²) in [6, 6.07) is 27.4. The van der Waals surface area contributed by atoms with Crippen LogP contribution >= 0.6 is 0 Å². The summed E-state index contributed by atoms with van der Waals surface area (Å²) in [5.74, 6) is 0. The molecule has 0 bridgehead atoms. The molecule has 0 fully saturated rings. The van der Waals surface area contributed by atoms with Gasteiger partial charge in [0.15, 0.2) is 9.84 Å². The molecule has 4 nitrogen and oxygen atoms in total. The van der Waals surface area contributed by atoms with E-state index in [9.17, 15) is 8.42 Å². The minimum absolute atomic E-state index is 0.0745. The number of nitrogens with zero attached hydrogens (tertiary/aromatic N) is 2. The Morgan fingerprint density at radius 2 is 1.44 bits per heavy atom. The molecule has 1 aliphatic rings. The minimum Gasteiger partial charge on any atom is -0.257 e. The first-order chi connectivity index (χ1) is 13.0. The predicted molar refractivity (Wildman–Crippen MR) is 109 cm³/mol. The zero-order chi connectivity index (χ0) is 18.9. The summed E-state index contributed by atoms with van der Waals surface area (Å²) in [5, 5.41) is 6.87. The number of sulfone groups is 1. The number of anilines is 1. The molecule has 3 aromatic rings. The molecule has 4 rings (SSSR count). The van der Waals surface area contributed by atoms with Gasteiger partial charge in [-0.1, -0.05) is 60.7 Å². The molecule has 0 radical (unpaired) electrons. The van der Waals surface area contributed by atoms with Gasteiger partial charge in [0.1, 0.15) is 0 Å². The Morgan fingerprint density at radius 3 is 2.04 bits per heavy atom. The fourth-order valence-corrected chi connectivity index (χ4v) is 3.96. The molecular formula is C22H20N2O2S. The van der Waals surface area contributed by atoms with Crippen LogP contribution in [-0.2, 0) is 9.84 Å². The van der Waals surface area contributed by atoms with E-state index in [2.05, 4.69) is 24.3 Å². The molecule has 1 aliphatic heterocycles. The van der Waals surface area contributed by atoms with Crippen molar-refractivity contribution in [3.8, 4) is 0 Å². The molecule has 136 valence electrons. The molecule has 0 amide bonds. The highest BCUT2D eigenvalue weighted by atomic mass is 32.2. The molecule has 0 spiro atoms. The summed E-state index contributed by atoms with van der Waals surface area (Å²) in [6.45, 7) is 0. The van der Waals surface area contributed by atoms with Gasteiger partial charge in [0.2, 0.25) is 0 Å². The van der Waals surface area contributed by atoms with Crippen LogP contribution in [0.15, 0.2) is 94.9 Å².